The Hall–Kier alpha value is -2.86. The molecule has 1 atom stereocenters. The second kappa shape index (κ2) is 8.49. The zero-order valence-corrected chi connectivity index (χ0v) is 19.9. The van der Waals surface area contributed by atoms with Gasteiger partial charge < -0.3 is 19.5 Å². The van der Waals surface area contributed by atoms with Gasteiger partial charge in [-0.15, -0.1) is 0 Å². The monoisotopic (exact) mass is 446 g/mol. The lowest BCUT2D eigenvalue weighted by Gasteiger charge is -2.58. The maximum absolute atomic E-state index is 8.36. The molecular formula is C27H34N4O2. The highest BCUT2D eigenvalue weighted by molar-refractivity contribution is 5.86. The standard InChI is InChI=1S/C26H32N4.CH2O2/c1-18-9-10-21-22(29(18)3)11-12-23-25(21)27-24(13-19-7-5-4-6-8-19)30(23)20-14-26(15-20)16-28(2)17-26;2-1-3/h4-8,11-12,18,20H,9-10,13-17H2,1-3H3;1H,(H,2,3). The summed E-state index contributed by atoms with van der Waals surface area (Å²) >= 11 is 0. The van der Waals surface area contributed by atoms with Crippen LogP contribution in [0.4, 0.5) is 5.69 Å². The predicted octanol–water partition coefficient (Wildman–Crippen LogP) is 4.37. The number of nitrogens with zero attached hydrogens (tertiary/aromatic N) is 4. The van der Waals surface area contributed by atoms with Gasteiger partial charge in [0, 0.05) is 49.9 Å². The molecule has 3 heterocycles. The Bertz CT molecular complexity index is 1140. The minimum absolute atomic E-state index is 0.250. The van der Waals surface area contributed by atoms with Crippen molar-refractivity contribution in [3.8, 4) is 0 Å². The van der Waals surface area contributed by atoms with Crippen molar-refractivity contribution in [2.75, 3.05) is 32.1 Å². The SMILES string of the molecule is CC1CCc2c(ccc3c2nc(Cc2ccccc2)n3C2CC3(C2)CN(C)C3)N1C.O=CO. The van der Waals surface area contributed by atoms with Crippen LogP contribution < -0.4 is 4.90 Å². The number of aromatic nitrogens is 2. The number of imidazole rings is 1. The van der Waals surface area contributed by atoms with E-state index >= 15 is 0 Å². The largest absolute Gasteiger partial charge is 0.483 e. The van der Waals surface area contributed by atoms with Crippen LogP contribution in [0.15, 0.2) is 42.5 Å². The molecule has 6 rings (SSSR count). The minimum atomic E-state index is -0.250. The van der Waals surface area contributed by atoms with Gasteiger partial charge in [-0.2, -0.15) is 0 Å². The molecular weight excluding hydrogens is 412 g/mol. The molecule has 6 heteroatoms. The van der Waals surface area contributed by atoms with Gasteiger partial charge in [-0.1, -0.05) is 30.3 Å². The molecule has 1 aromatic heterocycles. The molecule has 3 aliphatic rings. The number of anilines is 1. The number of fused-ring (bicyclic) bond motifs is 3. The van der Waals surface area contributed by atoms with E-state index in [4.69, 9.17) is 14.9 Å². The van der Waals surface area contributed by atoms with Crippen LogP contribution in [0.3, 0.4) is 0 Å². The second-order valence-electron chi connectivity index (χ2n) is 10.3. The van der Waals surface area contributed by atoms with Gasteiger partial charge in [0.2, 0.25) is 0 Å². The first-order chi connectivity index (χ1) is 15.9. The molecule has 1 N–H and O–H groups in total. The van der Waals surface area contributed by atoms with Crippen LogP contribution in [-0.2, 0) is 17.6 Å². The number of carbonyl (C=O) groups is 1. The van der Waals surface area contributed by atoms with Crippen LogP contribution in [0.5, 0.6) is 0 Å². The lowest BCUT2D eigenvalue weighted by Crippen LogP contribution is -2.60. The molecule has 1 unspecified atom stereocenters. The van der Waals surface area contributed by atoms with Crippen LogP contribution in [-0.4, -0.2) is 59.3 Å². The molecule has 1 spiro atoms. The normalized spacial score (nSPS) is 21.7. The molecule has 33 heavy (non-hydrogen) atoms. The van der Waals surface area contributed by atoms with Crippen molar-refractivity contribution in [3.63, 3.8) is 0 Å². The zero-order chi connectivity index (χ0) is 23.2. The first-order valence-corrected chi connectivity index (χ1v) is 12.0. The Morgan fingerprint density at radius 3 is 2.48 bits per heavy atom. The smallest absolute Gasteiger partial charge is 0.290 e. The number of hydrogen-bond donors (Lipinski definition) is 1. The number of rotatable bonds is 3. The number of aryl methyl sites for hydroxylation is 1. The highest BCUT2D eigenvalue weighted by Crippen LogP contribution is 2.55. The van der Waals surface area contributed by atoms with Gasteiger partial charge in [0.25, 0.3) is 6.47 Å². The maximum atomic E-state index is 8.36. The van der Waals surface area contributed by atoms with Crippen molar-refractivity contribution < 1.29 is 9.90 Å². The van der Waals surface area contributed by atoms with Crippen LogP contribution >= 0.6 is 0 Å². The quantitative estimate of drug-likeness (QED) is 0.606. The van der Waals surface area contributed by atoms with Crippen LogP contribution in [0, 0.1) is 5.41 Å². The summed E-state index contributed by atoms with van der Waals surface area (Å²) in [4.78, 5) is 18.6. The van der Waals surface area contributed by atoms with Gasteiger partial charge in [-0.3, -0.25) is 4.79 Å². The summed E-state index contributed by atoms with van der Waals surface area (Å²) in [5.41, 5.74) is 7.37. The summed E-state index contributed by atoms with van der Waals surface area (Å²) in [6, 6.07) is 16.7. The third-order valence-corrected chi connectivity index (χ3v) is 7.99. The third kappa shape index (κ3) is 3.80. The van der Waals surface area contributed by atoms with Gasteiger partial charge in [0.15, 0.2) is 0 Å². The van der Waals surface area contributed by atoms with Crippen LogP contribution in [0.2, 0.25) is 0 Å². The summed E-state index contributed by atoms with van der Waals surface area (Å²) in [6.45, 7) is 4.61. The van der Waals surface area contributed by atoms with E-state index in [2.05, 4.69) is 77.9 Å². The van der Waals surface area contributed by atoms with Gasteiger partial charge >= 0.3 is 0 Å². The Kier molecular flexibility index (Phi) is 5.65. The summed E-state index contributed by atoms with van der Waals surface area (Å²) in [5.74, 6) is 1.25. The molecule has 174 valence electrons. The first kappa shape index (κ1) is 22.0. The number of benzene rings is 2. The minimum Gasteiger partial charge on any atom is -0.483 e. The van der Waals surface area contributed by atoms with Crippen molar-refractivity contribution in [1.29, 1.82) is 0 Å². The molecule has 2 aliphatic heterocycles. The molecule has 2 fully saturated rings. The van der Waals surface area contributed by atoms with E-state index in [0.717, 1.165) is 12.8 Å². The van der Waals surface area contributed by atoms with E-state index in [-0.39, 0.29) is 6.47 Å². The van der Waals surface area contributed by atoms with Gasteiger partial charge in [-0.25, -0.2) is 4.98 Å². The van der Waals surface area contributed by atoms with Crippen LogP contribution in [0.25, 0.3) is 11.0 Å². The average molecular weight is 447 g/mol. The Morgan fingerprint density at radius 1 is 1.12 bits per heavy atom. The predicted molar refractivity (Wildman–Crippen MR) is 132 cm³/mol. The number of likely N-dealkylation sites (tertiary alicyclic amines) is 1. The second-order valence-corrected chi connectivity index (χ2v) is 10.3. The Balaban J connectivity index is 0.000000724. The van der Waals surface area contributed by atoms with E-state index in [0.29, 0.717) is 17.5 Å². The van der Waals surface area contributed by atoms with Crippen molar-refractivity contribution in [3.05, 3.63) is 59.4 Å². The van der Waals surface area contributed by atoms with E-state index in [1.165, 1.54) is 66.0 Å². The lowest BCUT2D eigenvalue weighted by atomic mass is 9.60. The molecule has 0 amide bonds. The Morgan fingerprint density at radius 2 is 1.82 bits per heavy atom. The molecule has 1 saturated carbocycles. The fourth-order valence-corrected chi connectivity index (χ4v) is 6.41. The number of hydrogen-bond acceptors (Lipinski definition) is 4. The molecule has 3 aromatic rings. The fourth-order valence-electron chi connectivity index (χ4n) is 6.41. The summed E-state index contributed by atoms with van der Waals surface area (Å²) in [5, 5.41) is 6.89. The van der Waals surface area contributed by atoms with Crippen molar-refractivity contribution >= 4 is 23.2 Å². The molecule has 2 aromatic carbocycles. The van der Waals surface area contributed by atoms with Gasteiger partial charge in [0.1, 0.15) is 5.82 Å². The van der Waals surface area contributed by atoms with Crippen LogP contribution in [0.1, 0.15) is 49.2 Å². The maximum Gasteiger partial charge on any atom is 0.290 e. The highest BCUT2D eigenvalue weighted by Gasteiger charge is 2.52. The lowest BCUT2D eigenvalue weighted by molar-refractivity contribution is -0.122. The Labute approximate surface area is 195 Å². The molecule has 6 nitrogen and oxygen atoms in total. The molecule has 1 saturated heterocycles. The van der Waals surface area contributed by atoms with E-state index in [9.17, 15) is 0 Å². The zero-order valence-electron chi connectivity index (χ0n) is 19.9. The van der Waals surface area contributed by atoms with E-state index < -0.39 is 0 Å². The van der Waals surface area contributed by atoms with E-state index in [1.807, 2.05) is 0 Å². The van der Waals surface area contributed by atoms with Gasteiger partial charge in [-0.05, 0) is 62.8 Å². The van der Waals surface area contributed by atoms with Crippen molar-refractivity contribution in [2.24, 2.45) is 5.41 Å². The summed E-state index contributed by atoms with van der Waals surface area (Å²) < 4.78 is 2.62. The summed E-state index contributed by atoms with van der Waals surface area (Å²) in [7, 11) is 4.48. The van der Waals surface area contributed by atoms with Crippen molar-refractivity contribution in [1.82, 2.24) is 14.5 Å². The number of carboxylic acid groups (broad SMARTS) is 1. The molecule has 1 aliphatic carbocycles. The molecule has 0 radical (unpaired) electrons. The van der Waals surface area contributed by atoms with Crippen molar-refractivity contribution in [2.45, 2.75) is 51.1 Å². The van der Waals surface area contributed by atoms with E-state index in [1.54, 1.807) is 0 Å². The third-order valence-electron chi connectivity index (χ3n) is 7.99. The average Bonchev–Trinajstić information content (AvgIpc) is 3.11. The summed E-state index contributed by atoms with van der Waals surface area (Å²) in [6.07, 6.45) is 5.87. The first-order valence-electron chi connectivity index (χ1n) is 12.0. The topological polar surface area (TPSA) is 61.6 Å². The highest BCUT2D eigenvalue weighted by atomic mass is 16.3. The molecule has 0 bridgehead atoms. The van der Waals surface area contributed by atoms with Gasteiger partial charge in [0.05, 0.1) is 11.0 Å². The fraction of sp³-hybridized carbons (Fsp3) is 0.481.